The molecule has 1 unspecified atom stereocenters. The first-order valence-corrected chi connectivity index (χ1v) is 5.73. The highest BCUT2D eigenvalue weighted by molar-refractivity contribution is 6.43. The van der Waals surface area contributed by atoms with Crippen LogP contribution in [0, 0.1) is 0 Å². The Morgan fingerprint density at radius 2 is 2.13 bits per heavy atom. The van der Waals surface area contributed by atoms with Crippen molar-refractivity contribution in [1.29, 1.82) is 0 Å². The van der Waals surface area contributed by atoms with Gasteiger partial charge in [-0.25, -0.2) is 0 Å². The van der Waals surface area contributed by atoms with Crippen LogP contribution in [0.15, 0.2) is 18.2 Å². The molecule has 0 amide bonds. The number of nitrogens with zero attached hydrogens (tertiary/aromatic N) is 1. The van der Waals surface area contributed by atoms with Crippen LogP contribution in [0.1, 0.15) is 13.3 Å². The predicted octanol–water partition coefficient (Wildman–Crippen LogP) is 2.92. The van der Waals surface area contributed by atoms with Gasteiger partial charge in [0.2, 0.25) is 0 Å². The molecule has 1 aliphatic rings. The molecule has 2 N–H and O–H groups in total. The van der Waals surface area contributed by atoms with Gasteiger partial charge >= 0.3 is 0 Å². The fraction of sp³-hybridized carbons (Fsp3) is 0.455. The van der Waals surface area contributed by atoms with Gasteiger partial charge in [0.15, 0.2) is 0 Å². The summed E-state index contributed by atoms with van der Waals surface area (Å²) in [7, 11) is 0. The molecule has 1 aromatic carbocycles. The van der Waals surface area contributed by atoms with Crippen molar-refractivity contribution < 1.29 is 0 Å². The van der Waals surface area contributed by atoms with Crippen LogP contribution in [0.3, 0.4) is 0 Å². The molecule has 4 heteroatoms. The molecule has 1 fully saturated rings. The van der Waals surface area contributed by atoms with E-state index < -0.39 is 0 Å². The normalized spacial score (nSPS) is 26.0. The number of hydrogen-bond donors (Lipinski definition) is 1. The Balaban J connectivity index is 2.28. The van der Waals surface area contributed by atoms with Crippen LogP contribution >= 0.6 is 23.2 Å². The van der Waals surface area contributed by atoms with Gasteiger partial charge in [-0.2, -0.15) is 0 Å². The van der Waals surface area contributed by atoms with Crippen LogP contribution in [0.4, 0.5) is 5.69 Å². The summed E-state index contributed by atoms with van der Waals surface area (Å²) in [5.41, 5.74) is 6.94. The predicted molar refractivity (Wildman–Crippen MR) is 65.9 cm³/mol. The maximum absolute atomic E-state index is 6.15. The Hall–Kier alpha value is -0.440. The minimum atomic E-state index is -0.119. The largest absolute Gasteiger partial charge is 0.368 e. The van der Waals surface area contributed by atoms with E-state index in [0.29, 0.717) is 10.0 Å². The van der Waals surface area contributed by atoms with E-state index >= 15 is 0 Å². The van der Waals surface area contributed by atoms with Gasteiger partial charge in [0.25, 0.3) is 0 Å². The van der Waals surface area contributed by atoms with Crippen molar-refractivity contribution in [3.8, 4) is 0 Å². The van der Waals surface area contributed by atoms with E-state index in [1.165, 1.54) is 0 Å². The van der Waals surface area contributed by atoms with Gasteiger partial charge in [0, 0.05) is 18.6 Å². The standard InChI is InChI=1S/C11H14Cl2N2/c1-11(14)5-6-15(7-11)9-4-2-3-8(12)10(9)13/h2-4H,5-7,14H2,1H3. The zero-order chi connectivity index (χ0) is 11.1. The number of anilines is 1. The van der Waals surface area contributed by atoms with Crippen molar-refractivity contribution in [3.63, 3.8) is 0 Å². The highest BCUT2D eigenvalue weighted by atomic mass is 35.5. The molecule has 1 saturated heterocycles. The Kier molecular flexibility index (Phi) is 2.84. The van der Waals surface area contributed by atoms with E-state index in [1.807, 2.05) is 12.1 Å². The number of benzene rings is 1. The number of nitrogens with two attached hydrogens (primary N) is 1. The summed E-state index contributed by atoms with van der Waals surface area (Å²) in [5.74, 6) is 0. The number of halogens is 2. The van der Waals surface area contributed by atoms with Crippen LogP contribution < -0.4 is 10.6 Å². The van der Waals surface area contributed by atoms with Crippen molar-refractivity contribution in [3.05, 3.63) is 28.2 Å². The molecule has 0 aromatic heterocycles. The molecule has 1 heterocycles. The van der Waals surface area contributed by atoms with E-state index in [1.54, 1.807) is 6.07 Å². The third-order valence-electron chi connectivity index (χ3n) is 2.78. The zero-order valence-corrected chi connectivity index (χ0v) is 10.1. The van der Waals surface area contributed by atoms with Crippen LogP contribution in [-0.4, -0.2) is 18.6 Å². The average molecular weight is 245 g/mol. The minimum Gasteiger partial charge on any atom is -0.368 e. The van der Waals surface area contributed by atoms with Crippen molar-refractivity contribution in [2.24, 2.45) is 5.73 Å². The molecule has 2 nitrogen and oxygen atoms in total. The summed E-state index contributed by atoms with van der Waals surface area (Å²) >= 11 is 12.1. The van der Waals surface area contributed by atoms with E-state index in [0.717, 1.165) is 25.2 Å². The first-order chi connectivity index (χ1) is 6.99. The van der Waals surface area contributed by atoms with E-state index in [2.05, 4.69) is 11.8 Å². The number of rotatable bonds is 1. The first kappa shape index (κ1) is 11.1. The maximum atomic E-state index is 6.15. The smallest absolute Gasteiger partial charge is 0.0825 e. The third-order valence-corrected chi connectivity index (χ3v) is 3.59. The third kappa shape index (κ3) is 2.22. The van der Waals surface area contributed by atoms with Crippen molar-refractivity contribution in [2.45, 2.75) is 18.9 Å². The lowest BCUT2D eigenvalue weighted by Crippen LogP contribution is -2.39. The Labute approximate surface area is 100.0 Å². The summed E-state index contributed by atoms with van der Waals surface area (Å²) in [4.78, 5) is 2.19. The number of hydrogen-bond acceptors (Lipinski definition) is 2. The molecule has 0 aliphatic carbocycles. The minimum absolute atomic E-state index is 0.119. The molecule has 0 spiro atoms. The zero-order valence-electron chi connectivity index (χ0n) is 8.63. The Morgan fingerprint density at radius 3 is 2.73 bits per heavy atom. The first-order valence-electron chi connectivity index (χ1n) is 4.97. The monoisotopic (exact) mass is 244 g/mol. The second kappa shape index (κ2) is 3.85. The summed E-state index contributed by atoms with van der Waals surface area (Å²) in [5, 5.41) is 1.22. The molecule has 0 saturated carbocycles. The SMILES string of the molecule is CC1(N)CCN(c2cccc(Cl)c2Cl)C1. The summed E-state index contributed by atoms with van der Waals surface area (Å²) < 4.78 is 0. The van der Waals surface area contributed by atoms with Gasteiger partial charge in [0.05, 0.1) is 15.7 Å². The van der Waals surface area contributed by atoms with E-state index in [-0.39, 0.29) is 5.54 Å². The van der Waals surface area contributed by atoms with E-state index in [4.69, 9.17) is 28.9 Å². The second-order valence-electron chi connectivity index (χ2n) is 4.40. The molecule has 0 bridgehead atoms. The molecule has 1 atom stereocenters. The second-order valence-corrected chi connectivity index (χ2v) is 5.18. The topological polar surface area (TPSA) is 29.3 Å². The van der Waals surface area contributed by atoms with Crippen LogP contribution in [0.25, 0.3) is 0 Å². The molecular formula is C11H14Cl2N2. The van der Waals surface area contributed by atoms with Crippen molar-refractivity contribution in [2.75, 3.05) is 18.0 Å². The molecule has 0 radical (unpaired) electrons. The Bertz CT molecular complexity index is 377. The summed E-state index contributed by atoms with van der Waals surface area (Å²) in [6.45, 7) is 3.82. The maximum Gasteiger partial charge on any atom is 0.0825 e. The lowest BCUT2D eigenvalue weighted by atomic mass is 10.0. The molecule has 2 rings (SSSR count). The average Bonchev–Trinajstić information content (AvgIpc) is 2.51. The van der Waals surface area contributed by atoms with Crippen LogP contribution in [-0.2, 0) is 0 Å². The highest BCUT2D eigenvalue weighted by Gasteiger charge is 2.30. The lowest BCUT2D eigenvalue weighted by molar-refractivity contribution is 0.525. The van der Waals surface area contributed by atoms with E-state index in [9.17, 15) is 0 Å². The molecule has 1 aliphatic heterocycles. The van der Waals surface area contributed by atoms with Gasteiger partial charge in [0.1, 0.15) is 0 Å². The van der Waals surface area contributed by atoms with Gasteiger partial charge in [-0.15, -0.1) is 0 Å². The van der Waals surface area contributed by atoms with Crippen molar-refractivity contribution in [1.82, 2.24) is 0 Å². The fourth-order valence-corrected chi connectivity index (χ4v) is 2.34. The highest BCUT2D eigenvalue weighted by Crippen LogP contribution is 2.35. The summed E-state index contributed by atoms with van der Waals surface area (Å²) in [6, 6.07) is 5.69. The lowest BCUT2D eigenvalue weighted by Gasteiger charge is -2.22. The van der Waals surface area contributed by atoms with Gasteiger partial charge < -0.3 is 10.6 Å². The van der Waals surface area contributed by atoms with Gasteiger partial charge in [-0.1, -0.05) is 29.3 Å². The molecular weight excluding hydrogens is 231 g/mol. The fourth-order valence-electron chi connectivity index (χ4n) is 1.93. The van der Waals surface area contributed by atoms with Crippen molar-refractivity contribution >= 4 is 28.9 Å². The van der Waals surface area contributed by atoms with Gasteiger partial charge in [-0.05, 0) is 25.5 Å². The summed E-state index contributed by atoms with van der Waals surface area (Å²) in [6.07, 6.45) is 0.982. The van der Waals surface area contributed by atoms with Crippen LogP contribution in [0.2, 0.25) is 10.0 Å². The Morgan fingerprint density at radius 1 is 1.40 bits per heavy atom. The molecule has 15 heavy (non-hydrogen) atoms. The molecule has 1 aromatic rings. The van der Waals surface area contributed by atoms with Crippen LogP contribution in [0.5, 0.6) is 0 Å². The quantitative estimate of drug-likeness (QED) is 0.824. The van der Waals surface area contributed by atoms with Gasteiger partial charge in [-0.3, -0.25) is 0 Å². The molecule has 82 valence electrons.